The average Bonchev–Trinajstić information content (AvgIpc) is 3.30. The summed E-state index contributed by atoms with van der Waals surface area (Å²) in [5.74, 6) is 1.63. The molecule has 2 atom stereocenters. The number of para-hydroxylation sites is 1. The second kappa shape index (κ2) is 6.12. The van der Waals surface area contributed by atoms with Crippen LogP contribution in [0.4, 0.5) is 5.69 Å². The monoisotopic (exact) mass is 337 g/mol. The number of methoxy groups -OCH3 is 2. The molecule has 0 spiro atoms. The van der Waals surface area contributed by atoms with Crippen molar-refractivity contribution < 1.29 is 14.3 Å². The molecule has 3 aromatic rings. The van der Waals surface area contributed by atoms with Gasteiger partial charge >= 0.3 is 0 Å². The number of amides is 1. The molecule has 128 valence electrons. The first-order chi connectivity index (χ1) is 12.2. The molecular formula is C19H19N3O3. The molecule has 1 heterocycles. The van der Waals surface area contributed by atoms with Crippen LogP contribution in [0.3, 0.4) is 0 Å². The lowest BCUT2D eigenvalue weighted by Crippen LogP contribution is -2.15. The van der Waals surface area contributed by atoms with Crippen molar-refractivity contribution in [3.05, 3.63) is 48.3 Å². The average molecular weight is 337 g/mol. The number of nitrogens with one attached hydrogen (secondary N) is 2. The van der Waals surface area contributed by atoms with Crippen molar-refractivity contribution in [1.29, 1.82) is 0 Å². The standard InChI is InChI=1S/C19H19N3O3/c1-24-11-6-7-17(25-2)13(8-11)12-9-14(12)19(23)22-16-5-3-4-15-18(16)21-10-20-15/h3-8,10,12,14H,9H2,1-2H3,(H,20,21)(H,22,23)/t12-,14+/m0/s1. The molecule has 6 nitrogen and oxygen atoms in total. The summed E-state index contributed by atoms with van der Waals surface area (Å²) in [5.41, 5.74) is 3.42. The smallest absolute Gasteiger partial charge is 0.228 e. The lowest BCUT2D eigenvalue weighted by atomic mass is 10.1. The molecule has 1 aromatic heterocycles. The molecule has 1 aliphatic carbocycles. The normalized spacial score (nSPS) is 18.8. The van der Waals surface area contributed by atoms with Crippen LogP contribution in [-0.2, 0) is 4.79 Å². The predicted octanol–water partition coefficient (Wildman–Crippen LogP) is 3.32. The van der Waals surface area contributed by atoms with Crippen LogP contribution in [0.15, 0.2) is 42.7 Å². The summed E-state index contributed by atoms with van der Waals surface area (Å²) < 4.78 is 10.7. The molecule has 1 amide bonds. The first kappa shape index (κ1) is 15.5. The van der Waals surface area contributed by atoms with Crippen LogP contribution >= 0.6 is 0 Å². The van der Waals surface area contributed by atoms with E-state index in [4.69, 9.17) is 9.47 Å². The maximum atomic E-state index is 12.7. The van der Waals surface area contributed by atoms with E-state index in [1.165, 1.54) is 0 Å². The largest absolute Gasteiger partial charge is 0.497 e. The predicted molar refractivity (Wildman–Crippen MR) is 95.1 cm³/mol. The van der Waals surface area contributed by atoms with Crippen LogP contribution in [0.25, 0.3) is 11.0 Å². The summed E-state index contributed by atoms with van der Waals surface area (Å²) in [6.45, 7) is 0. The molecule has 2 N–H and O–H groups in total. The van der Waals surface area contributed by atoms with E-state index < -0.39 is 0 Å². The number of fused-ring (bicyclic) bond motifs is 1. The van der Waals surface area contributed by atoms with Gasteiger partial charge in [0, 0.05) is 17.4 Å². The van der Waals surface area contributed by atoms with Crippen LogP contribution in [0.1, 0.15) is 17.9 Å². The molecule has 1 fully saturated rings. The van der Waals surface area contributed by atoms with Crippen molar-refractivity contribution in [2.45, 2.75) is 12.3 Å². The van der Waals surface area contributed by atoms with E-state index in [9.17, 15) is 4.79 Å². The molecule has 0 unspecified atom stereocenters. The van der Waals surface area contributed by atoms with E-state index in [0.29, 0.717) is 0 Å². The number of nitrogens with zero attached hydrogens (tertiary/aromatic N) is 1. The van der Waals surface area contributed by atoms with Crippen LogP contribution in [-0.4, -0.2) is 30.1 Å². The molecule has 0 bridgehead atoms. The van der Waals surface area contributed by atoms with Gasteiger partial charge in [-0.05, 0) is 36.8 Å². The van der Waals surface area contributed by atoms with Gasteiger partial charge < -0.3 is 19.8 Å². The summed E-state index contributed by atoms with van der Waals surface area (Å²) in [6, 6.07) is 11.4. The van der Waals surface area contributed by atoms with Gasteiger partial charge in [-0.3, -0.25) is 4.79 Å². The van der Waals surface area contributed by atoms with Gasteiger partial charge in [0.25, 0.3) is 0 Å². The fourth-order valence-electron chi connectivity index (χ4n) is 3.25. The van der Waals surface area contributed by atoms with Crippen molar-refractivity contribution in [1.82, 2.24) is 9.97 Å². The van der Waals surface area contributed by atoms with Gasteiger partial charge in [-0.2, -0.15) is 0 Å². The van der Waals surface area contributed by atoms with Crippen molar-refractivity contribution in [3.63, 3.8) is 0 Å². The van der Waals surface area contributed by atoms with Crippen LogP contribution in [0.5, 0.6) is 11.5 Å². The Hall–Kier alpha value is -3.02. The third-order valence-electron chi connectivity index (χ3n) is 4.67. The number of anilines is 1. The van der Waals surface area contributed by atoms with Crippen molar-refractivity contribution in [2.24, 2.45) is 5.92 Å². The fraction of sp³-hybridized carbons (Fsp3) is 0.263. The Morgan fingerprint density at radius 2 is 2.12 bits per heavy atom. The number of H-pyrrole nitrogens is 1. The minimum absolute atomic E-state index is 0.00497. The number of aromatic nitrogens is 2. The summed E-state index contributed by atoms with van der Waals surface area (Å²) in [6.07, 6.45) is 2.42. The van der Waals surface area contributed by atoms with E-state index in [1.54, 1.807) is 20.5 Å². The van der Waals surface area contributed by atoms with E-state index in [2.05, 4.69) is 15.3 Å². The first-order valence-corrected chi connectivity index (χ1v) is 8.16. The molecule has 0 saturated heterocycles. The maximum Gasteiger partial charge on any atom is 0.228 e. The van der Waals surface area contributed by atoms with Gasteiger partial charge in [0.15, 0.2) is 0 Å². The third-order valence-corrected chi connectivity index (χ3v) is 4.67. The zero-order valence-electron chi connectivity index (χ0n) is 14.1. The Morgan fingerprint density at radius 3 is 2.92 bits per heavy atom. The number of carbonyl (C=O) groups is 1. The Labute approximate surface area is 145 Å². The number of imidazole rings is 1. The summed E-state index contributed by atoms with van der Waals surface area (Å²) >= 11 is 0. The van der Waals surface area contributed by atoms with E-state index in [1.807, 2.05) is 36.4 Å². The fourth-order valence-corrected chi connectivity index (χ4v) is 3.25. The number of carbonyl (C=O) groups excluding carboxylic acids is 1. The Bertz CT molecular complexity index is 935. The highest BCUT2D eigenvalue weighted by Gasteiger charge is 2.45. The van der Waals surface area contributed by atoms with Crippen LogP contribution in [0.2, 0.25) is 0 Å². The van der Waals surface area contributed by atoms with E-state index >= 15 is 0 Å². The van der Waals surface area contributed by atoms with Gasteiger partial charge in [0.2, 0.25) is 5.91 Å². The zero-order chi connectivity index (χ0) is 17.4. The molecule has 1 aliphatic rings. The summed E-state index contributed by atoms with van der Waals surface area (Å²) in [5, 5.41) is 3.01. The van der Waals surface area contributed by atoms with Crippen molar-refractivity contribution >= 4 is 22.6 Å². The van der Waals surface area contributed by atoms with Crippen LogP contribution < -0.4 is 14.8 Å². The number of hydrogen-bond acceptors (Lipinski definition) is 4. The second-order valence-corrected chi connectivity index (χ2v) is 6.15. The minimum atomic E-state index is -0.0739. The molecular weight excluding hydrogens is 318 g/mol. The zero-order valence-corrected chi connectivity index (χ0v) is 14.1. The van der Waals surface area contributed by atoms with Crippen molar-refractivity contribution in [2.75, 3.05) is 19.5 Å². The summed E-state index contributed by atoms with van der Waals surface area (Å²) in [7, 11) is 3.27. The highest BCUT2D eigenvalue weighted by Crippen LogP contribution is 2.51. The number of aromatic amines is 1. The number of benzene rings is 2. The number of rotatable bonds is 5. The third kappa shape index (κ3) is 2.80. The van der Waals surface area contributed by atoms with E-state index in [-0.39, 0.29) is 17.7 Å². The number of hydrogen-bond donors (Lipinski definition) is 2. The molecule has 0 aliphatic heterocycles. The Kier molecular flexibility index (Phi) is 3.80. The lowest BCUT2D eigenvalue weighted by Gasteiger charge is -2.10. The minimum Gasteiger partial charge on any atom is -0.497 e. The molecule has 1 saturated carbocycles. The number of ether oxygens (including phenoxy) is 2. The topological polar surface area (TPSA) is 76.2 Å². The Balaban J connectivity index is 1.53. The first-order valence-electron chi connectivity index (χ1n) is 8.16. The van der Waals surface area contributed by atoms with Gasteiger partial charge in [0.1, 0.15) is 17.0 Å². The van der Waals surface area contributed by atoms with Gasteiger partial charge in [-0.25, -0.2) is 4.98 Å². The summed E-state index contributed by atoms with van der Waals surface area (Å²) in [4.78, 5) is 20.0. The maximum absolute atomic E-state index is 12.7. The molecule has 4 rings (SSSR count). The second-order valence-electron chi connectivity index (χ2n) is 6.15. The highest BCUT2D eigenvalue weighted by atomic mass is 16.5. The molecule has 25 heavy (non-hydrogen) atoms. The van der Waals surface area contributed by atoms with Gasteiger partial charge in [-0.15, -0.1) is 0 Å². The van der Waals surface area contributed by atoms with Crippen LogP contribution in [0, 0.1) is 5.92 Å². The van der Waals surface area contributed by atoms with Gasteiger partial charge in [-0.1, -0.05) is 6.07 Å². The van der Waals surface area contributed by atoms with Gasteiger partial charge in [0.05, 0.1) is 31.8 Å². The molecule has 0 radical (unpaired) electrons. The quantitative estimate of drug-likeness (QED) is 0.749. The lowest BCUT2D eigenvalue weighted by molar-refractivity contribution is -0.117. The van der Waals surface area contributed by atoms with E-state index in [0.717, 1.165) is 40.2 Å². The SMILES string of the molecule is COc1ccc(OC)c([C@@H]2C[C@H]2C(=O)Nc2cccc3[nH]cnc23)c1. The highest BCUT2D eigenvalue weighted by molar-refractivity contribution is 6.01. The molecule has 6 heteroatoms. The van der Waals surface area contributed by atoms with Crippen molar-refractivity contribution in [3.8, 4) is 11.5 Å². The Morgan fingerprint density at radius 1 is 1.24 bits per heavy atom. The molecule has 2 aromatic carbocycles.